The highest BCUT2D eigenvalue weighted by Gasteiger charge is 2.29. The van der Waals surface area contributed by atoms with E-state index in [0.29, 0.717) is 18.0 Å². The standard InChI is InChI=1S/C20H30N4O2/c1-15(2)24(19(25)26-20(3,4)5)14-16-8-7-11-23(13-16)18-17(12-21)9-6-10-22-18/h6,9-10,15-16H,7-8,11,13-14H2,1-5H3/t16-/m1/s1. The minimum absolute atomic E-state index is 0.0738. The largest absolute Gasteiger partial charge is 0.444 e. The Balaban J connectivity index is 2.08. The summed E-state index contributed by atoms with van der Waals surface area (Å²) in [5, 5.41) is 9.33. The van der Waals surface area contributed by atoms with Gasteiger partial charge in [0.05, 0.1) is 5.56 Å². The Morgan fingerprint density at radius 1 is 1.50 bits per heavy atom. The first-order valence-corrected chi connectivity index (χ1v) is 9.31. The molecule has 1 aliphatic heterocycles. The van der Waals surface area contributed by atoms with Crippen molar-refractivity contribution < 1.29 is 9.53 Å². The molecule has 1 atom stereocenters. The van der Waals surface area contributed by atoms with Crippen molar-refractivity contribution in [2.45, 2.75) is 59.1 Å². The SMILES string of the molecule is CC(C)N(C[C@@H]1CCCN(c2ncccc2C#N)C1)C(=O)OC(C)(C)C. The highest BCUT2D eigenvalue weighted by molar-refractivity contribution is 5.68. The van der Waals surface area contributed by atoms with Gasteiger partial charge < -0.3 is 14.5 Å². The third-order valence-electron chi connectivity index (χ3n) is 4.43. The number of hydrogen-bond donors (Lipinski definition) is 0. The number of ether oxygens (including phenoxy) is 1. The van der Waals surface area contributed by atoms with Gasteiger partial charge in [0.2, 0.25) is 0 Å². The second-order valence-electron chi connectivity index (χ2n) is 8.17. The Labute approximate surface area is 156 Å². The Bertz CT molecular complexity index is 661. The smallest absolute Gasteiger partial charge is 0.410 e. The summed E-state index contributed by atoms with van der Waals surface area (Å²) in [5.74, 6) is 1.07. The van der Waals surface area contributed by atoms with Crippen LogP contribution in [0.5, 0.6) is 0 Å². The first-order chi connectivity index (χ1) is 12.2. The minimum Gasteiger partial charge on any atom is -0.444 e. The minimum atomic E-state index is -0.502. The van der Waals surface area contributed by atoms with Gasteiger partial charge in [-0.05, 0) is 65.5 Å². The third-order valence-corrected chi connectivity index (χ3v) is 4.43. The van der Waals surface area contributed by atoms with Crippen LogP contribution in [0.15, 0.2) is 18.3 Å². The molecule has 26 heavy (non-hydrogen) atoms. The molecule has 0 spiro atoms. The summed E-state index contributed by atoms with van der Waals surface area (Å²) in [6, 6.07) is 5.88. The summed E-state index contributed by atoms with van der Waals surface area (Å²) in [4.78, 5) is 20.9. The number of carbonyl (C=O) groups excluding carboxylic acids is 1. The van der Waals surface area contributed by atoms with Gasteiger partial charge in [-0.2, -0.15) is 5.26 Å². The lowest BCUT2D eigenvalue weighted by Crippen LogP contribution is -2.47. The van der Waals surface area contributed by atoms with E-state index in [1.807, 2.05) is 39.5 Å². The zero-order valence-corrected chi connectivity index (χ0v) is 16.5. The van der Waals surface area contributed by atoms with E-state index >= 15 is 0 Å². The molecule has 2 rings (SSSR count). The zero-order chi connectivity index (χ0) is 19.3. The van der Waals surface area contributed by atoms with Crippen molar-refractivity contribution >= 4 is 11.9 Å². The molecule has 0 N–H and O–H groups in total. The van der Waals surface area contributed by atoms with Crippen LogP contribution in [0.3, 0.4) is 0 Å². The lowest BCUT2D eigenvalue weighted by Gasteiger charge is -2.38. The van der Waals surface area contributed by atoms with Crippen LogP contribution >= 0.6 is 0 Å². The monoisotopic (exact) mass is 358 g/mol. The second kappa shape index (κ2) is 8.39. The molecule has 142 valence electrons. The van der Waals surface area contributed by atoms with Crippen molar-refractivity contribution in [1.82, 2.24) is 9.88 Å². The molecule has 1 aliphatic rings. The number of aromatic nitrogens is 1. The Morgan fingerprint density at radius 2 is 2.23 bits per heavy atom. The molecule has 1 aromatic heterocycles. The number of nitrogens with zero attached hydrogens (tertiary/aromatic N) is 4. The van der Waals surface area contributed by atoms with Crippen LogP contribution in [0.25, 0.3) is 0 Å². The summed E-state index contributed by atoms with van der Waals surface area (Å²) in [6.45, 7) is 12.0. The van der Waals surface area contributed by atoms with E-state index in [4.69, 9.17) is 4.74 Å². The van der Waals surface area contributed by atoms with Crippen molar-refractivity contribution in [3.05, 3.63) is 23.9 Å². The molecule has 1 fully saturated rings. The van der Waals surface area contributed by atoms with Gasteiger partial charge in [0, 0.05) is 31.9 Å². The van der Waals surface area contributed by atoms with E-state index < -0.39 is 5.60 Å². The van der Waals surface area contributed by atoms with Crippen LogP contribution in [0.2, 0.25) is 0 Å². The van der Waals surface area contributed by atoms with Crippen LogP contribution in [-0.4, -0.2) is 47.3 Å². The molecule has 6 heteroatoms. The molecule has 1 amide bonds. The van der Waals surface area contributed by atoms with Gasteiger partial charge in [-0.3, -0.25) is 0 Å². The molecule has 2 heterocycles. The third kappa shape index (κ3) is 5.35. The van der Waals surface area contributed by atoms with Crippen LogP contribution in [0.4, 0.5) is 10.6 Å². The van der Waals surface area contributed by atoms with Crippen molar-refractivity contribution in [2.75, 3.05) is 24.5 Å². The average Bonchev–Trinajstić information content (AvgIpc) is 2.58. The normalized spacial score (nSPS) is 17.7. The summed E-state index contributed by atoms with van der Waals surface area (Å²) < 4.78 is 5.57. The number of pyridine rings is 1. The lowest BCUT2D eigenvalue weighted by atomic mass is 9.96. The Kier molecular flexibility index (Phi) is 6.47. The topological polar surface area (TPSA) is 69.5 Å². The van der Waals surface area contributed by atoms with Crippen molar-refractivity contribution in [2.24, 2.45) is 5.92 Å². The molecule has 0 saturated carbocycles. The van der Waals surface area contributed by atoms with Crippen molar-refractivity contribution in [3.8, 4) is 6.07 Å². The van der Waals surface area contributed by atoms with Gasteiger partial charge >= 0.3 is 6.09 Å². The highest BCUT2D eigenvalue weighted by atomic mass is 16.6. The van der Waals surface area contributed by atoms with Crippen LogP contribution in [0, 0.1) is 17.2 Å². The predicted molar refractivity (Wildman–Crippen MR) is 102 cm³/mol. The first-order valence-electron chi connectivity index (χ1n) is 9.31. The maximum atomic E-state index is 12.6. The molecule has 1 saturated heterocycles. The first kappa shape index (κ1) is 20.0. The zero-order valence-electron chi connectivity index (χ0n) is 16.5. The van der Waals surface area contributed by atoms with Crippen LogP contribution < -0.4 is 4.90 Å². The number of carbonyl (C=O) groups is 1. The fourth-order valence-electron chi connectivity index (χ4n) is 3.24. The van der Waals surface area contributed by atoms with Crippen molar-refractivity contribution in [1.29, 1.82) is 5.26 Å². The fraction of sp³-hybridized carbons (Fsp3) is 0.650. The number of hydrogen-bond acceptors (Lipinski definition) is 5. The molecular formula is C20H30N4O2. The number of anilines is 1. The molecular weight excluding hydrogens is 328 g/mol. The van der Waals surface area contributed by atoms with Crippen LogP contribution in [-0.2, 0) is 4.74 Å². The summed E-state index contributed by atoms with van der Waals surface area (Å²) >= 11 is 0. The Morgan fingerprint density at radius 3 is 2.85 bits per heavy atom. The maximum Gasteiger partial charge on any atom is 0.410 e. The molecule has 0 bridgehead atoms. The summed E-state index contributed by atoms with van der Waals surface area (Å²) in [6.07, 6.45) is 3.53. The van der Waals surface area contributed by atoms with E-state index in [0.717, 1.165) is 31.7 Å². The van der Waals surface area contributed by atoms with Crippen molar-refractivity contribution in [3.63, 3.8) is 0 Å². The van der Waals surface area contributed by atoms with Gasteiger partial charge in [-0.15, -0.1) is 0 Å². The molecule has 0 radical (unpaired) electrons. The summed E-state index contributed by atoms with van der Waals surface area (Å²) in [5.41, 5.74) is 0.0966. The molecule has 6 nitrogen and oxygen atoms in total. The highest BCUT2D eigenvalue weighted by Crippen LogP contribution is 2.25. The van der Waals surface area contributed by atoms with Crippen LogP contribution in [0.1, 0.15) is 53.0 Å². The number of rotatable bonds is 4. The van der Waals surface area contributed by atoms with E-state index in [1.54, 1.807) is 18.3 Å². The molecule has 0 unspecified atom stereocenters. The average molecular weight is 358 g/mol. The lowest BCUT2D eigenvalue weighted by molar-refractivity contribution is 0.0151. The quantitative estimate of drug-likeness (QED) is 0.818. The fourth-order valence-corrected chi connectivity index (χ4v) is 3.24. The van der Waals surface area contributed by atoms with E-state index in [9.17, 15) is 10.1 Å². The van der Waals surface area contributed by atoms with E-state index in [2.05, 4.69) is 16.0 Å². The molecule has 1 aromatic rings. The van der Waals surface area contributed by atoms with E-state index in [1.165, 1.54) is 0 Å². The maximum absolute atomic E-state index is 12.6. The second-order valence-corrected chi connectivity index (χ2v) is 8.17. The number of piperidine rings is 1. The van der Waals surface area contributed by atoms with Gasteiger partial charge in [-0.1, -0.05) is 0 Å². The van der Waals surface area contributed by atoms with Gasteiger partial charge in [0.1, 0.15) is 17.5 Å². The van der Waals surface area contributed by atoms with Gasteiger partial charge in [-0.25, -0.2) is 9.78 Å². The number of nitriles is 1. The predicted octanol–water partition coefficient (Wildman–Crippen LogP) is 3.82. The molecule has 0 aliphatic carbocycles. The number of amides is 1. The van der Waals surface area contributed by atoms with Gasteiger partial charge in [0.25, 0.3) is 0 Å². The van der Waals surface area contributed by atoms with Gasteiger partial charge in [0.15, 0.2) is 0 Å². The Hall–Kier alpha value is -2.29. The molecule has 0 aromatic carbocycles. The summed E-state index contributed by atoms with van der Waals surface area (Å²) in [7, 11) is 0. The van der Waals surface area contributed by atoms with E-state index in [-0.39, 0.29) is 12.1 Å².